The summed E-state index contributed by atoms with van der Waals surface area (Å²) in [5.41, 5.74) is 1.25. The van der Waals surface area contributed by atoms with Crippen LogP contribution in [0.2, 0.25) is 0 Å². The second-order valence-corrected chi connectivity index (χ2v) is 6.00. The normalized spacial score (nSPS) is 14.8. The van der Waals surface area contributed by atoms with Crippen LogP contribution in [0, 0.1) is 0 Å². The van der Waals surface area contributed by atoms with Gasteiger partial charge in [0.25, 0.3) is 11.8 Å². The molecule has 3 rings (SSSR count). The van der Waals surface area contributed by atoms with E-state index >= 15 is 0 Å². The summed E-state index contributed by atoms with van der Waals surface area (Å²) < 4.78 is 5.29. The minimum Gasteiger partial charge on any atom is -0.496 e. The van der Waals surface area contributed by atoms with Gasteiger partial charge < -0.3 is 14.5 Å². The van der Waals surface area contributed by atoms with Crippen LogP contribution in [0.15, 0.2) is 54.6 Å². The van der Waals surface area contributed by atoms with E-state index in [2.05, 4.69) is 0 Å². The molecule has 0 atom stereocenters. The Morgan fingerprint density at radius 1 is 0.800 bits per heavy atom. The minimum absolute atomic E-state index is 0.0205. The van der Waals surface area contributed by atoms with Crippen molar-refractivity contribution < 1.29 is 14.3 Å². The average Bonchev–Trinajstić information content (AvgIpc) is 2.93. The molecule has 0 saturated carbocycles. The Morgan fingerprint density at radius 2 is 1.40 bits per heavy atom. The van der Waals surface area contributed by atoms with E-state index in [1.54, 1.807) is 24.1 Å². The zero-order chi connectivity index (χ0) is 17.6. The van der Waals surface area contributed by atoms with Crippen LogP contribution in [0.3, 0.4) is 0 Å². The predicted octanol–water partition coefficient (Wildman–Crippen LogP) is 2.68. The zero-order valence-electron chi connectivity index (χ0n) is 14.4. The van der Waals surface area contributed by atoms with Gasteiger partial charge >= 0.3 is 0 Å². The van der Waals surface area contributed by atoms with Crippen LogP contribution in [0.4, 0.5) is 0 Å². The Morgan fingerprint density at radius 3 is 2.08 bits per heavy atom. The topological polar surface area (TPSA) is 49.9 Å². The fourth-order valence-corrected chi connectivity index (χ4v) is 3.08. The van der Waals surface area contributed by atoms with Gasteiger partial charge in [0.15, 0.2) is 0 Å². The summed E-state index contributed by atoms with van der Waals surface area (Å²) in [7, 11) is 1.56. The number of methoxy groups -OCH3 is 1. The number of rotatable bonds is 3. The van der Waals surface area contributed by atoms with Crippen molar-refractivity contribution >= 4 is 11.8 Å². The number of hydrogen-bond donors (Lipinski definition) is 0. The van der Waals surface area contributed by atoms with E-state index in [0.29, 0.717) is 43.1 Å². The Balaban J connectivity index is 1.69. The van der Waals surface area contributed by atoms with Crippen molar-refractivity contribution in [2.24, 2.45) is 0 Å². The SMILES string of the molecule is COc1ccccc1C(=O)N1CCCN(C(=O)c2ccccc2)CC1. The molecule has 2 amide bonds. The minimum atomic E-state index is -0.0496. The van der Waals surface area contributed by atoms with Crippen LogP contribution in [0.25, 0.3) is 0 Å². The van der Waals surface area contributed by atoms with E-state index in [4.69, 9.17) is 4.74 Å². The number of amides is 2. The third kappa shape index (κ3) is 3.82. The van der Waals surface area contributed by atoms with Gasteiger partial charge in [-0.1, -0.05) is 30.3 Å². The highest BCUT2D eigenvalue weighted by Gasteiger charge is 2.24. The molecule has 1 aliphatic rings. The molecule has 130 valence electrons. The maximum Gasteiger partial charge on any atom is 0.257 e. The molecule has 0 aliphatic carbocycles. The van der Waals surface area contributed by atoms with Crippen molar-refractivity contribution in [1.82, 2.24) is 9.80 Å². The van der Waals surface area contributed by atoms with Crippen molar-refractivity contribution in [2.75, 3.05) is 33.3 Å². The summed E-state index contributed by atoms with van der Waals surface area (Å²) in [5, 5.41) is 0. The quantitative estimate of drug-likeness (QED) is 0.864. The van der Waals surface area contributed by atoms with E-state index in [9.17, 15) is 9.59 Å². The first-order valence-electron chi connectivity index (χ1n) is 8.47. The van der Waals surface area contributed by atoms with Crippen LogP contribution >= 0.6 is 0 Å². The summed E-state index contributed by atoms with van der Waals surface area (Å²) in [6.45, 7) is 2.35. The Labute approximate surface area is 147 Å². The van der Waals surface area contributed by atoms with Gasteiger partial charge in [0.1, 0.15) is 5.75 Å². The third-order valence-corrected chi connectivity index (χ3v) is 4.43. The summed E-state index contributed by atoms with van der Waals surface area (Å²) in [5.74, 6) is 0.549. The fourth-order valence-electron chi connectivity index (χ4n) is 3.08. The second kappa shape index (κ2) is 7.83. The number of hydrogen-bond acceptors (Lipinski definition) is 3. The molecule has 2 aromatic carbocycles. The van der Waals surface area contributed by atoms with E-state index in [1.165, 1.54) is 0 Å². The molecule has 25 heavy (non-hydrogen) atoms. The van der Waals surface area contributed by atoms with Crippen molar-refractivity contribution in [2.45, 2.75) is 6.42 Å². The Bertz CT molecular complexity index is 746. The molecule has 0 unspecified atom stereocenters. The molecule has 0 N–H and O–H groups in total. The van der Waals surface area contributed by atoms with E-state index in [1.807, 2.05) is 47.4 Å². The lowest BCUT2D eigenvalue weighted by Crippen LogP contribution is -2.37. The largest absolute Gasteiger partial charge is 0.496 e. The molecule has 5 nitrogen and oxygen atoms in total. The van der Waals surface area contributed by atoms with E-state index in [-0.39, 0.29) is 11.8 Å². The molecule has 0 aromatic heterocycles. The number of ether oxygens (including phenoxy) is 1. The molecule has 1 fully saturated rings. The van der Waals surface area contributed by atoms with Gasteiger partial charge in [-0.2, -0.15) is 0 Å². The van der Waals surface area contributed by atoms with Gasteiger partial charge in [-0.3, -0.25) is 9.59 Å². The average molecular weight is 338 g/mol. The summed E-state index contributed by atoms with van der Waals surface area (Å²) in [6.07, 6.45) is 0.763. The number of benzene rings is 2. The lowest BCUT2D eigenvalue weighted by Gasteiger charge is -2.23. The van der Waals surface area contributed by atoms with Crippen molar-refractivity contribution in [3.8, 4) is 5.75 Å². The van der Waals surface area contributed by atoms with Gasteiger partial charge in [-0.05, 0) is 30.7 Å². The molecule has 5 heteroatoms. The first-order valence-corrected chi connectivity index (χ1v) is 8.47. The molecule has 0 spiro atoms. The van der Waals surface area contributed by atoms with Crippen LogP contribution in [-0.4, -0.2) is 54.9 Å². The number of carbonyl (C=O) groups excluding carboxylic acids is 2. The van der Waals surface area contributed by atoms with Gasteiger partial charge in [0, 0.05) is 31.7 Å². The third-order valence-electron chi connectivity index (χ3n) is 4.43. The Kier molecular flexibility index (Phi) is 5.33. The number of nitrogens with zero attached hydrogens (tertiary/aromatic N) is 2. The monoisotopic (exact) mass is 338 g/mol. The van der Waals surface area contributed by atoms with Gasteiger partial charge in [-0.25, -0.2) is 0 Å². The first-order chi connectivity index (χ1) is 12.2. The molecule has 1 saturated heterocycles. The summed E-state index contributed by atoms with van der Waals surface area (Å²) >= 11 is 0. The smallest absolute Gasteiger partial charge is 0.257 e. The molecule has 0 bridgehead atoms. The van der Waals surface area contributed by atoms with Crippen LogP contribution in [0.5, 0.6) is 5.75 Å². The molecular weight excluding hydrogens is 316 g/mol. The van der Waals surface area contributed by atoms with Gasteiger partial charge in [0.05, 0.1) is 12.7 Å². The maximum atomic E-state index is 12.8. The molecule has 1 heterocycles. The highest BCUT2D eigenvalue weighted by Crippen LogP contribution is 2.20. The predicted molar refractivity (Wildman–Crippen MR) is 95.9 cm³/mol. The van der Waals surface area contributed by atoms with E-state index < -0.39 is 0 Å². The fraction of sp³-hybridized carbons (Fsp3) is 0.300. The summed E-state index contributed by atoms with van der Waals surface area (Å²) in [6, 6.07) is 16.5. The van der Waals surface area contributed by atoms with Gasteiger partial charge in [0.2, 0.25) is 0 Å². The number of para-hydroxylation sites is 1. The van der Waals surface area contributed by atoms with Crippen LogP contribution < -0.4 is 4.74 Å². The van der Waals surface area contributed by atoms with Crippen LogP contribution in [-0.2, 0) is 0 Å². The lowest BCUT2D eigenvalue weighted by atomic mass is 10.1. The molecule has 1 aliphatic heterocycles. The van der Waals surface area contributed by atoms with Crippen molar-refractivity contribution in [3.05, 3.63) is 65.7 Å². The highest BCUT2D eigenvalue weighted by atomic mass is 16.5. The van der Waals surface area contributed by atoms with Gasteiger partial charge in [-0.15, -0.1) is 0 Å². The molecule has 0 radical (unpaired) electrons. The standard InChI is InChI=1S/C20H22N2O3/c1-25-18-11-6-5-10-17(18)20(24)22-13-7-12-21(14-15-22)19(23)16-8-3-2-4-9-16/h2-6,8-11H,7,12-15H2,1H3. The molecule has 2 aromatic rings. The van der Waals surface area contributed by atoms with E-state index in [0.717, 1.165) is 6.42 Å². The maximum absolute atomic E-state index is 12.8. The molecular formula is C20H22N2O3. The zero-order valence-corrected chi connectivity index (χ0v) is 14.4. The lowest BCUT2D eigenvalue weighted by molar-refractivity contribution is 0.0717. The van der Waals surface area contributed by atoms with Crippen molar-refractivity contribution in [1.29, 1.82) is 0 Å². The van der Waals surface area contributed by atoms with Crippen molar-refractivity contribution in [3.63, 3.8) is 0 Å². The first kappa shape index (κ1) is 17.0. The highest BCUT2D eigenvalue weighted by molar-refractivity contribution is 5.97. The second-order valence-electron chi connectivity index (χ2n) is 6.00. The van der Waals surface area contributed by atoms with Crippen LogP contribution in [0.1, 0.15) is 27.1 Å². The number of carbonyl (C=O) groups is 2. The Hall–Kier alpha value is -2.82. The summed E-state index contributed by atoms with van der Waals surface area (Å²) in [4.78, 5) is 29.0.